The van der Waals surface area contributed by atoms with E-state index in [2.05, 4.69) is 15.9 Å². The SMILES string of the molecule is O=C1c2ccccc2S(=O)(=O)N1Cc1cc(F)cc(Br)c1. The number of amides is 1. The highest BCUT2D eigenvalue weighted by molar-refractivity contribution is 9.10. The molecule has 0 bridgehead atoms. The fraction of sp³-hybridized carbons (Fsp3) is 0.0714. The van der Waals surface area contributed by atoms with E-state index in [1.54, 1.807) is 18.2 Å². The lowest BCUT2D eigenvalue weighted by Gasteiger charge is -2.15. The number of fused-ring (bicyclic) bond motifs is 1. The highest BCUT2D eigenvalue weighted by Gasteiger charge is 2.40. The van der Waals surface area contributed by atoms with Crippen molar-refractivity contribution in [1.82, 2.24) is 4.31 Å². The first kappa shape index (κ1) is 14.2. The molecule has 1 amide bonds. The highest BCUT2D eigenvalue weighted by atomic mass is 79.9. The molecule has 0 aromatic heterocycles. The molecule has 0 saturated carbocycles. The van der Waals surface area contributed by atoms with Gasteiger partial charge in [-0.2, -0.15) is 0 Å². The van der Waals surface area contributed by atoms with Crippen molar-refractivity contribution in [3.8, 4) is 0 Å². The van der Waals surface area contributed by atoms with Gasteiger partial charge in [0.2, 0.25) is 0 Å². The van der Waals surface area contributed by atoms with E-state index in [1.165, 1.54) is 24.3 Å². The van der Waals surface area contributed by atoms with Crippen LogP contribution in [-0.4, -0.2) is 18.6 Å². The summed E-state index contributed by atoms with van der Waals surface area (Å²) in [5, 5.41) is 0. The van der Waals surface area contributed by atoms with Crippen LogP contribution in [0.4, 0.5) is 4.39 Å². The summed E-state index contributed by atoms with van der Waals surface area (Å²) in [6.45, 7) is -0.202. The van der Waals surface area contributed by atoms with Gasteiger partial charge in [0.25, 0.3) is 15.9 Å². The Balaban J connectivity index is 2.03. The average molecular weight is 370 g/mol. The second-order valence-electron chi connectivity index (χ2n) is 4.59. The zero-order chi connectivity index (χ0) is 15.2. The summed E-state index contributed by atoms with van der Waals surface area (Å²) >= 11 is 3.14. The first-order valence-electron chi connectivity index (χ1n) is 6.00. The van der Waals surface area contributed by atoms with Crippen LogP contribution in [0.2, 0.25) is 0 Å². The number of sulfonamides is 1. The van der Waals surface area contributed by atoms with Crippen molar-refractivity contribution in [1.29, 1.82) is 0 Å². The molecule has 4 nitrogen and oxygen atoms in total. The number of hydrogen-bond donors (Lipinski definition) is 0. The smallest absolute Gasteiger partial charge is 0.268 e. The van der Waals surface area contributed by atoms with E-state index in [-0.39, 0.29) is 17.0 Å². The van der Waals surface area contributed by atoms with Crippen molar-refractivity contribution in [2.45, 2.75) is 11.4 Å². The second-order valence-corrected chi connectivity index (χ2v) is 7.34. The lowest BCUT2D eigenvalue weighted by Crippen LogP contribution is -2.29. The molecule has 2 aromatic rings. The molecule has 108 valence electrons. The van der Waals surface area contributed by atoms with Gasteiger partial charge >= 0.3 is 0 Å². The summed E-state index contributed by atoms with van der Waals surface area (Å²) in [6.07, 6.45) is 0. The first-order chi connectivity index (χ1) is 9.89. The summed E-state index contributed by atoms with van der Waals surface area (Å²) in [6, 6.07) is 10.1. The van der Waals surface area contributed by atoms with E-state index in [9.17, 15) is 17.6 Å². The van der Waals surface area contributed by atoms with Crippen LogP contribution in [-0.2, 0) is 16.6 Å². The predicted octanol–water partition coefficient (Wildman–Crippen LogP) is 2.93. The molecular formula is C14H9BrFNO3S. The molecule has 0 aliphatic carbocycles. The fourth-order valence-electron chi connectivity index (χ4n) is 2.26. The van der Waals surface area contributed by atoms with Gasteiger partial charge in [0.1, 0.15) is 10.7 Å². The van der Waals surface area contributed by atoms with Crippen molar-refractivity contribution in [2.24, 2.45) is 0 Å². The minimum Gasteiger partial charge on any atom is -0.268 e. The predicted molar refractivity (Wildman–Crippen MR) is 77.6 cm³/mol. The summed E-state index contributed by atoms with van der Waals surface area (Å²) in [4.78, 5) is 12.2. The van der Waals surface area contributed by atoms with Crippen LogP contribution < -0.4 is 0 Å². The number of halogens is 2. The van der Waals surface area contributed by atoms with Crippen LogP contribution >= 0.6 is 15.9 Å². The molecular weight excluding hydrogens is 361 g/mol. The molecule has 3 rings (SSSR count). The maximum atomic E-state index is 13.4. The van der Waals surface area contributed by atoms with Gasteiger partial charge in [-0.05, 0) is 35.9 Å². The molecule has 0 atom stereocenters. The van der Waals surface area contributed by atoms with E-state index in [0.717, 1.165) is 4.31 Å². The standard InChI is InChI=1S/C14H9BrFNO3S/c15-10-5-9(6-11(16)7-10)8-17-14(18)12-3-1-2-4-13(12)21(17,19)20/h1-7H,8H2. The quantitative estimate of drug-likeness (QED) is 0.817. The zero-order valence-corrected chi connectivity index (χ0v) is 13.0. The third-order valence-electron chi connectivity index (χ3n) is 3.16. The lowest BCUT2D eigenvalue weighted by atomic mass is 10.2. The molecule has 0 spiro atoms. The number of carbonyl (C=O) groups is 1. The molecule has 7 heteroatoms. The van der Waals surface area contributed by atoms with Crippen molar-refractivity contribution in [3.05, 3.63) is 63.9 Å². The molecule has 1 heterocycles. The van der Waals surface area contributed by atoms with E-state index >= 15 is 0 Å². The van der Waals surface area contributed by atoms with Crippen LogP contribution in [0.5, 0.6) is 0 Å². The Morgan fingerprint density at radius 1 is 1.14 bits per heavy atom. The summed E-state index contributed by atoms with van der Waals surface area (Å²) < 4.78 is 39.4. The normalized spacial score (nSPS) is 16.1. The van der Waals surface area contributed by atoms with Gasteiger partial charge in [0.05, 0.1) is 12.1 Å². The summed E-state index contributed by atoms with van der Waals surface area (Å²) in [5.41, 5.74) is 0.541. The van der Waals surface area contributed by atoms with Gasteiger partial charge in [-0.3, -0.25) is 4.79 Å². The van der Waals surface area contributed by atoms with E-state index in [1.807, 2.05) is 0 Å². The third kappa shape index (κ3) is 2.36. The van der Waals surface area contributed by atoms with Gasteiger partial charge in [0.15, 0.2) is 0 Å². The van der Waals surface area contributed by atoms with Crippen molar-refractivity contribution in [2.75, 3.05) is 0 Å². The molecule has 1 aliphatic rings. The molecule has 1 aliphatic heterocycles. The first-order valence-corrected chi connectivity index (χ1v) is 8.24. The minimum atomic E-state index is -3.87. The summed E-state index contributed by atoms with van der Waals surface area (Å²) in [5.74, 6) is -1.09. The van der Waals surface area contributed by atoms with Gasteiger partial charge in [-0.1, -0.05) is 28.1 Å². The Labute approximate surface area is 129 Å². The second kappa shape index (κ2) is 4.92. The molecule has 2 aromatic carbocycles. The fourth-order valence-corrected chi connectivity index (χ4v) is 4.32. The van der Waals surface area contributed by atoms with Crippen molar-refractivity contribution < 1.29 is 17.6 Å². The van der Waals surface area contributed by atoms with Crippen molar-refractivity contribution >= 4 is 31.9 Å². The zero-order valence-electron chi connectivity index (χ0n) is 10.6. The monoisotopic (exact) mass is 369 g/mol. The Hall–Kier alpha value is -1.73. The van der Waals surface area contributed by atoms with E-state index in [0.29, 0.717) is 10.0 Å². The van der Waals surface area contributed by atoms with Gasteiger partial charge in [-0.15, -0.1) is 0 Å². The van der Waals surface area contributed by atoms with Crippen LogP contribution in [0.1, 0.15) is 15.9 Å². The van der Waals surface area contributed by atoms with Crippen LogP contribution in [0.25, 0.3) is 0 Å². The maximum absolute atomic E-state index is 13.4. The molecule has 0 unspecified atom stereocenters. The van der Waals surface area contributed by atoms with Crippen molar-refractivity contribution in [3.63, 3.8) is 0 Å². The van der Waals surface area contributed by atoms with Gasteiger partial charge in [0, 0.05) is 4.47 Å². The van der Waals surface area contributed by atoms with Crippen LogP contribution in [0.3, 0.4) is 0 Å². The highest BCUT2D eigenvalue weighted by Crippen LogP contribution is 2.31. The van der Waals surface area contributed by atoms with E-state index in [4.69, 9.17) is 0 Å². The average Bonchev–Trinajstić information content (AvgIpc) is 2.60. The minimum absolute atomic E-state index is 0.00883. The topological polar surface area (TPSA) is 54.5 Å². The van der Waals surface area contributed by atoms with Crippen LogP contribution in [0, 0.1) is 5.82 Å². The molecule has 0 saturated heterocycles. The summed E-state index contributed by atoms with van der Waals surface area (Å²) in [7, 11) is -3.87. The Kier molecular flexibility index (Phi) is 3.33. The third-order valence-corrected chi connectivity index (χ3v) is 5.41. The van der Waals surface area contributed by atoms with E-state index < -0.39 is 21.7 Å². The van der Waals surface area contributed by atoms with Gasteiger partial charge in [-0.25, -0.2) is 17.1 Å². The number of benzene rings is 2. The largest absolute Gasteiger partial charge is 0.269 e. The molecule has 0 fully saturated rings. The lowest BCUT2D eigenvalue weighted by molar-refractivity contribution is 0.0865. The Bertz CT molecular complexity index is 831. The Morgan fingerprint density at radius 3 is 2.52 bits per heavy atom. The number of carbonyl (C=O) groups excluding carboxylic acids is 1. The Morgan fingerprint density at radius 2 is 1.86 bits per heavy atom. The maximum Gasteiger partial charge on any atom is 0.269 e. The van der Waals surface area contributed by atoms with Gasteiger partial charge < -0.3 is 0 Å². The number of nitrogens with zero attached hydrogens (tertiary/aromatic N) is 1. The molecule has 0 N–H and O–H groups in total. The number of hydrogen-bond acceptors (Lipinski definition) is 3. The number of rotatable bonds is 2. The van der Waals surface area contributed by atoms with Crippen LogP contribution in [0.15, 0.2) is 51.8 Å². The molecule has 21 heavy (non-hydrogen) atoms. The molecule has 0 radical (unpaired) electrons.